The third-order valence-electron chi connectivity index (χ3n) is 1.91. The van der Waals surface area contributed by atoms with Crippen molar-refractivity contribution >= 4 is 17.6 Å². The molecule has 5 nitrogen and oxygen atoms in total. The number of carbonyl (C=O) groups is 1. The van der Waals surface area contributed by atoms with E-state index in [1.807, 2.05) is 0 Å². The van der Waals surface area contributed by atoms with Gasteiger partial charge in [-0.25, -0.2) is 0 Å². The molecule has 1 rings (SSSR count). The Morgan fingerprint density at radius 1 is 1.40 bits per heavy atom. The van der Waals surface area contributed by atoms with Crippen LogP contribution in [0.25, 0.3) is 0 Å². The van der Waals surface area contributed by atoms with E-state index in [2.05, 4.69) is 0 Å². The summed E-state index contributed by atoms with van der Waals surface area (Å²) >= 11 is 5.53. The van der Waals surface area contributed by atoms with Gasteiger partial charge in [0.1, 0.15) is 17.5 Å². The molecule has 0 heterocycles. The van der Waals surface area contributed by atoms with Gasteiger partial charge in [-0.1, -0.05) is 11.6 Å². The summed E-state index contributed by atoms with van der Waals surface area (Å²) in [5, 5.41) is 27.2. The van der Waals surface area contributed by atoms with E-state index in [9.17, 15) is 15.0 Å². The Bertz CT molecular complexity index is 394. The van der Waals surface area contributed by atoms with Crippen LogP contribution in [0.3, 0.4) is 0 Å². The number of hydrogen-bond acceptors (Lipinski definition) is 4. The standard InChI is InChI=1S/C9H10ClNO4/c10-5-3-7(12)4(2-8(5)13)1-6(11)9(14)15/h2-3,6,12-13H,1,11H2,(H,14,15). The third kappa shape index (κ3) is 2.74. The largest absolute Gasteiger partial charge is 0.508 e. The molecule has 0 bridgehead atoms. The number of aliphatic carboxylic acids is 1. The average Bonchev–Trinajstić information content (AvgIpc) is 2.13. The molecule has 82 valence electrons. The highest BCUT2D eigenvalue weighted by atomic mass is 35.5. The first-order valence-electron chi connectivity index (χ1n) is 4.10. The van der Waals surface area contributed by atoms with Crippen molar-refractivity contribution < 1.29 is 20.1 Å². The lowest BCUT2D eigenvalue weighted by Crippen LogP contribution is -2.32. The van der Waals surface area contributed by atoms with Crippen molar-refractivity contribution in [1.82, 2.24) is 0 Å². The van der Waals surface area contributed by atoms with Gasteiger partial charge in [-0.05, 0) is 11.6 Å². The van der Waals surface area contributed by atoms with E-state index in [1.54, 1.807) is 0 Å². The molecule has 1 aromatic rings. The lowest BCUT2D eigenvalue weighted by molar-refractivity contribution is -0.138. The summed E-state index contributed by atoms with van der Waals surface area (Å²) in [5.74, 6) is -1.58. The maximum atomic E-state index is 10.5. The zero-order chi connectivity index (χ0) is 11.6. The number of rotatable bonds is 3. The van der Waals surface area contributed by atoms with Crippen LogP contribution in [0.1, 0.15) is 5.56 Å². The predicted octanol–water partition coefficient (Wildman–Crippen LogP) is 0.706. The minimum Gasteiger partial charge on any atom is -0.508 e. The molecular weight excluding hydrogens is 222 g/mol. The van der Waals surface area contributed by atoms with Crippen LogP contribution in [0, 0.1) is 0 Å². The van der Waals surface area contributed by atoms with Crippen LogP contribution in [0.5, 0.6) is 11.5 Å². The fourth-order valence-corrected chi connectivity index (χ4v) is 1.24. The Hall–Kier alpha value is -1.46. The summed E-state index contributed by atoms with van der Waals surface area (Å²) in [5.41, 5.74) is 5.52. The first kappa shape index (κ1) is 11.6. The van der Waals surface area contributed by atoms with Crippen molar-refractivity contribution in [2.24, 2.45) is 5.73 Å². The van der Waals surface area contributed by atoms with Crippen molar-refractivity contribution in [2.45, 2.75) is 12.5 Å². The summed E-state index contributed by atoms with van der Waals surface area (Å²) < 4.78 is 0. The van der Waals surface area contributed by atoms with Gasteiger partial charge in [0.15, 0.2) is 0 Å². The Morgan fingerprint density at radius 3 is 2.53 bits per heavy atom. The highest BCUT2D eigenvalue weighted by molar-refractivity contribution is 6.32. The van der Waals surface area contributed by atoms with Crippen LogP contribution >= 0.6 is 11.6 Å². The monoisotopic (exact) mass is 231 g/mol. The van der Waals surface area contributed by atoms with Crippen molar-refractivity contribution in [3.63, 3.8) is 0 Å². The van der Waals surface area contributed by atoms with E-state index < -0.39 is 12.0 Å². The molecule has 0 radical (unpaired) electrons. The van der Waals surface area contributed by atoms with E-state index in [-0.39, 0.29) is 28.5 Å². The molecule has 0 aliphatic carbocycles. The number of benzene rings is 1. The predicted molar refractivity (Wildman–Crippen MR) is 54.1 cm³/mol. The normalized spacial score (nSPS) is 12.4. The Labute approximate surface area is 90.7 Å². The van der Waals surface area contributed by atoms with Gasteiger partial charge in [-0.2, -0.15) is 0 Å². The number of aromatic hydroxyl groups is 2. The molecule has 1 atom stereocenters. The first-order chi connectivity index (χ1) is 6.91. The molecule has 0 spiro atoms. The number of phenols is 2. The minimum absolute atomic E-state index is 0.000136. The molecule has 0 fully saturated rings. The number of hydrogen-bond donors (Lipinski definition) is 4. The third-order valence-corrected chi connectivity index (χ3v) is 2.21. The summed E-state index contributed by atoms with van der Waals surface area (Å²) in [6.45, 7) is 0. The van der Waals surface area contributed by atoms with Crippen LogP contribution < -0.4 is 5.73 Å². The van der Waals surface area contributed by atoms with Gasteiger partial charge in [0.05, 0.1) is 5.02 Å². The van der Waals surface area contributed by atoms with E-state index in [1.165, 1.54) is 6.07 Å². The highest BCUT2D eigenvalue weighted by Crippen LogP contribution is 2.31. The Kier molecular flexibility index (Phi) is 3.39. The lowest BCUT2D eigenvalue weighted by Gasteiger charge is -2.09. The van der Waals surface area contributed by atoms with E-state index >= 15 is 0 Å². The highest BCUT2D eigenvalue weighted by Gasteiger charge is 2.16. The fraction of sp³-hybridized carbons (Fsp3) is 0.222. The van der Waals surface area contributed by atoms with Gasteiger partial charge in [-0.3, -0.25) is 4.79 Å². The zero-order valence-corrected chi connectivity index (χ0v) is 8.40. The fourth-order valence-electron chi connectivity index (χ4n) is 1.08. The van der Waals surface area contributed by atoms with E-state index in [0.717, 1.165) is 6.07 Å². The summed E-state index contributed by atoms with van der Waals surface area (Å²) in [4.78, 5) is 10.5. The summed E-state index contributed by atoms with van der Waals surface area (Å²) in [7, 11) is 0. The van der Waals surface area contributed by atoms with Crippen LogP contribution in [-0.4, -0.2) is 27.3 Å². The van der Waals surface area contributed by atoms with Crippen molar-refractivity contribution in [3.8, 4) is 11.5 Å². The van der Waals surface area contributed by atoms with Crippen molar-refractivity contribution in [1.29, 1.82) is 0 Å². The average molecular weight is 232 g/mol. The molecule has 1 unspecified atom stereocenters. The maximum absolute atomic E-state index is 10.5. The second kappa shape index (κ2) is 4.37. The van der Waals surface area contributed by atoms with Crippen LogP contribution in [-0.2, 0) is 11.2 Å². The number of phenolic OH excluding ortho intramolecular Hbond substituents is 2. The Balaban J connectivity index is 2.95. The van der Waals surface area contributed by atoms with Gasteiger partial charge >= 0.3 is 5.97 Å². The molecule has 0 saturated carbocycles. The molecule has 1 aromatic carbocycles. The molecule has 0 amide bonds. The van der Waals surface area contributed by atoms with Gasteiger partial charge in [-0.15, -0.1) is 0 Å². The molecule has 6 heteroatoms. The molecule has 0 saturated heterocycles. The number of halogens is 1. The molecule has 0 aliphatic heterocycles. The van der Waals surface area contributed by atoms with E-state index in [4.69, 9.17) is 22.4 Å². The molecule has 15 heavy (non-hydrogen) atoms. The first-order valence-corrected chi connectivity index (χ1v) is 4.48. The number of nitrogens with two attached hydrogens (primary N) is 1. The second-order valence-electron chi connectivity index (χ2n) is 3.08. The topological polar surface area (TPSA) is 104 Å². The lowest BCUT2D eigenvalue weighted by atomic mass is 10.1. The molecule has 0 aromatic heterocycles. The number of carboxylic acid groups (broad SMARTS) is 1. The molecule has 5 N–H and O–H groups in total. The molecular formula is C9H10ClNO4. The quantitative estimate of drug-likeness (QED) is 0.574. The molecule has 0 aliphatic rings. The summed E-state index contributed by atoms with van der Waals surface area (Å²) in [6, 6.07) is 1.21. The van der Waals surface area contributed by atoms with Gasteiger partial charge in [0.25, 0.3) is 0 Å². The van der Waals surface area contributed by atoms with E-state index in [0.29, 0.717) is 0 Å². The maximum Gasteiger partial charge on any atom is 0.320 e. The van der Waals surface area contributed by atoms with Gasteiger partial charge in [0, 0.05) is 12.5 Å². The van der Waals surface area contributed by atoms with Gasteiger partial charge in [0.2, 0.25) is 0 Å². The van der Waals surface area contributed by atoms with Crippen molar-refractivity contribution in [3.05, 3.63) is 22.7 Å². The zero-order valence-electron chi connectivity index (χ0n) is 7.64. The number of carboxylic acids is 1. The van der Waals surface area contributed by atoms with Crippen LogP contribution in [0.15, 0.2) is 12.1 Å². The minimum atomic E-state index is -1.18. The Morgan fingerprint density at radius 2 is 2.00 bits per heavy atom. The van der Waals surface area contributed by atoms with Gasteiger partial charge < -0.3 is 21.1 Å². The SMILES string of the molecule is NC(Cc1cc(O)c(Cl)cc1O)C(=O)O. The summed E-state index contributed by atoms with van der Waals surface area (Å²) in [6.07, 6.45) is -0.0775. The second-order valence-corrected chi connectivity index (χ2v) is 3.49. The van der Waals surface area contributed by atoms with Crippen molar-refractivity contribution in [2.75, 3.05) is 0 Å². The van der Waals surface area contributed by atoms with Crippen LogP contribution in [0.4, 0.5) is 0 Å². The smallest absolute Gasteiger partial charge is 0.320 e. The van der Waals surface area contributed by atoms with Crippen LogP contribution in [0.2, 0.25) is 5.02 Å².